The number of Topliss-reactive ketones (excluding diaryl/α,β-unsaturated/α-hetero) is 1. The number of benzene rings is 2. The van der Waals surface area contributed by atoms with Gasteiger partial charge in [0, 0.05) is 17.9 Å². The molecule has 5 heteroatoms. The van der Waals surface area contributed by atoms with Crippen molar-refractivity contribution in [3.63, 3.8) is 0 Å². The van der Waals surface area contributed by atoms with Crippen LogP contribution in [0.5, 0.6) is 11.5 Å². The zero-order valence-corrected chi connectivity index (χ0v) is 21.5. The van der Waals surface area contributed by atoms with Crippen molar-refractivity contribution >= 4 is 11.8 Å². The first-order valence-electron chi connectivity index (χ1n) is 13.1. The van der Waals surface area contributed by atoms with Crippen LogP contribution in [-0.4, -0.2) is 26.0 Å². The summed E-state index contributed by atoms with van der Waals surface area (Å²) < 4.78 is 16.7. The maximum atomic E-state index is 13.2. The lowest BCUT2D eigenvalue weighted by Crippen LogP contribution is -2.44. The topological polar surface area (TPSA) is 61.8 Å². The normalized spacial score (nSPS) is 28.8. The Balaban J connectivity index is 1.40. The molecule has 0 N–H and O–H groups in total. The van der Waals surface area contributed by atoms with Gasteiger partial charge in [0.05, 0.1) is 14.2 Å². The summed E-state index contributed by atoms with van der Waals surface area (Å²) >= 11 is 0. The Kier molecular flexibility index (Phi) is 6.92. The molecule has 0 aromatic heterocycles. The first-order chi connectivity index (χ1) is 17.4. The van der Waals surface area contributed by atoms with Crippen LogP contribution in [0.1, 0.15) is 61.6 Å². The number of carbonyl (C=O) groups is 2. The number of ether oxygens (including phenoxy) is 3. The van der Waals surface area contributed by atoms with E-state index in [1.807, 2.05) is 24.3 Å². The lowest BCUT2D eigenvalue weighted by Gasteiger charge is -2.50. The lowest BCUT2D eigenvalue weighted by molar-refractivity contribution is -0.135. The maximum absolute atomic E-state index is 13.2. The summed E-state index contributed by atoms with van der Waals surface area (Å²) in [4.78, 5) is 24.8. The van der Waals surface area contributed by atoms with Crippen molar-refractivity contribution in [2.75, 3.05) is 14.2 Å². The van der Waals surface area contributed by atoms with Gasteiger partial charge in [0.1, 0.15) is 12.4 Å². The molecule has 0 aliphatic heterocycles. The molecule has 2 aromatic rings. The Morgan fingerprint density at radius 2 is 1.92 bits per heavy atom. The van der Waals surface area contributed by atoms with Gasteiger partial charge in [-0.25, -0.2) is 4.79 Å². The number of rotatable bonds is 7. The highest BCUT2D eigenvalue weighted by atomic mass is 16.5. The maximum Gasteiger partial charge on any atom is 0.330 e. The third-order valence-corrected chi connectivity index (χ3v) is 8.98. The minimum Gasteiger partial charge on any atom is -0.493 e. The molecule has 3 aliphatic rings. The number of fused-ring (bicyclic) bond motifs is 5. The Morgan fingerprint density at radius 3 is 2.67 bits per heavy atom. The van der Waals surface area contributed by atoms with Crippen LogP contribution >= 0.6 is 0 Å². The van der Waals surface area contributed by atoms with Crippen molar-refractivity contribution in [3.8, 4) is 11.5 Å². The summed E-state index contributed by atoms with van der Waals surface area (Å²) in [6, 6.07) is 14.5. The number of allylic oxidation sites excluding steroid dienone is 1. The molecule has 0 bridgehead atoms. The molecule has 0 radical (unpaired) electrons. The average molecular weight is 489 g/mol. The van der Waals surface area contributed by atoms with Crippen molar-refractivity contribution < 1.29 is 23.8 Å². The molecule has 3 aliphatic carbocycles. The van der Waals surface area contributed by atoms with Crippen molar-refractivity contribution in [2.45, 2.75) is 58.0 Å². The predicted octanol–water partition coefficient (Wildman–Crippen LogP) is 6.04. The van der Waals surface area contributed by atoms with E-state index in [0.29, 0.717) is 36.6 Å². The van der Waals surface area contributed by atoms with E-state index >= 15 is 0 Å². The van der Waals surface area contributed by atoms with Crippen LogP contribution in [0.4, 0.5) is 0 Å². The van der Waals surface area contributed by atoms with Crippen LogP contribution in [0.15, 0.2) is 54.6 Å². The van der Waals surface area contributed by atoms with Gasteiger partial charge in [-0.05, 0) is 84.6 Å². The second-order valence-electron chi connectivity index (χ2n) is 10.8. The summed E-state index contributed by atoms with van der Waals surface area (Å²) in [5, 5.41) is 0. The molecule has 2 saturated carbocycles. The zero-order valence-electron chi connectivity index (χ0n) is 21.5. The molecule has 190 valence electrons. The third-order valence-electron chi connectivity index (χ3n) is 8.98. The summed E-state index contributed by atoms with van der Waals surface area (Å²) in [6.45, 7) is 2.70. The Bertz CT molecular complexity index is 1150. The van der Waals surface area contributed by atoms with Crippen LogP contribution in [0.25, 0.3) is 0 Å². The molecule has 5 rings (SSSR count). The van der Waals surface area contributed by atoms with Crippen molar-refractivity contribution in [1.82, 2.24) is 0 Å². The van der Waals surface area contributed by atoms with Gasteiger partial charge >= 0.3 is 5.97 Å². The van der Waals surface area contributed by atoms with Gasteiger partial charge < -0.3 is 14.2 Å². The highest BCUT2D eigenvalue weighted by molar-refractivity contribution is 5.88. The number of ketones is 1. The van der Waals surface area contributed by atoms with Crippen molar-refractivity contribution in [2.24, 2.45) is 23.2 Å². The minimum atomic E-state index is -0.340. The second-order valence-corrected chi connectivity index (χ2v) is 10.8. The number of methoxy groups -OCH3 is 2. The van der Waals surface area contributed by atoms with E-state index in [-0.39, 0.29) is 17.3 Å². The van der Waals surface area contributed by atoms with Crippen LogP contribution in [0, 0.1) is 23.2 Å². The smallest absolute Gasteiger partial charge is 0.330 e. The number of hydrogen-bond donors (Lipinski definition) is 0. The number of hydrogen-bond acceptors (Lipinski definition) is 5. The predicted molar refractivity (Wildman–Crippen MR) is 138 cm³/mol. The van der Waals surface area contributed by atoms with Crippen LogP contribution in [0.2, 0.25) is 0 Å². The summed E-state index contributed by atoms with van der Waals surface area (Å²) in [5.74, 6) is 3.11. The van der Waals surface area contributed by atoms with E-state index in [2.05, 4.69) is 31.2 Å². The summed E-state index contributed by atoms with van der Waals surface area (Å²) in [7, 11) is 3.09. The first-order valence-corrected chi connectivity index (χ1v) is 13.1. The van der Waals surface area contributed by atoms with Crippen LogP contribution in [-0.2, 0) is 27.4 Å². The van der Waals surface area contributed by atoms with E-state index < -0.39 is 0 Å². The first kappa shape index (κ1) is 24.6. The average Bonchev–Trinajstić information content (AvgIpc) is 3.16. The summed E-state index contributed by atoms with van der Waals surface area (Å²) in [5.41, 5.74) is 3.57. The molecule has 0 spiro atoms. The van der Waals surface area contributed by atoms with Gasteiger partial charge in [-0.15, -0.1) is 0 Å². The standard InChI is InChI=1S/C31H36O5/c1-31-15-14-23-24(30(31)22(17-28(31)32)10-7-11-29(33)35-3)13-12-21-16-27(26(34-2)18-25(21)23)36-19-20-8-5-4-6-9-20/h4-9,11,16,18,22-24,30H,10,12-15,17,19H2,1-3H3/b11-7+/t22-,23+,24-,30+,31-/m1/s1. The molecule has 2 fully saturated rings. The van der Waals surface area contributed by atoms with Gasteiger partial charge in [-0.3, -0.25) is 4.79 Å². The summed E-state index contributed by atoms with van der Waals surface area (Å²) in [6.07, 6.45) is 8.75. The fourth-order valence-corrected chi connectivity index (χ4v) is 7.27. The highest BCUT2D eigenvalue weighted by Gasteiger charge is 2.58. The van der Waals surface area contributed by atoms with E-state index in [1.165, 1.54) is 24.3 Å². The van der Waals surface area contributed by atoms with Gasteiger partial charge in [0.25, 0.3) is 0 Å². The van der Waals surface area contributed by atoms with Gasteiger partial charge in [-0.2, -0.15) is 0 Å². The third kappa shape index (κ3) is 4.44. The van der Waals surface area contributed by atoms with E-state index in [9.17, 15) is 9.59 Å². The molecule has 5 atom stereocenters. The number of carbonyl (C=O) groups excluding carboxylic acids is 2. The fourth-order valence-electron chi connectivity index (χ4n) is 7.27. The Morgan fingerprint density at radius 1 is 1.11 bits per heavy atom. The monoisotopic (exact) mass is 488 g/mol. The van der Waals surface area contributed by atoms with E-state index in [4.69, 9.17) is 14.2 Å². The lowest BCUT2D eigenvalue weighted by atomic mass is 9.54. The molecule has 0 unspecified atom stereocenters. The van der Waals surface area contributed by atoms with Gasteiger partial charge in [-0.1, -0.05) is 43.3 Å². The molecular formula is C31H36O5. The molecule has 5 nitrogen and oxygen atoms in total. The molecule has 0 amide bonds. The second kappa shape index (κ2) is 10.1. The number of esters is 1. The van der Waals surface area contributed by atoms with Crippen LogP contribution < -0.4 is 9.47 Å². The van der Waals surface area contributed by atoms with Gasteiger partial charge in [0.2, 0.25) is 0 Å². The van der Waals surface area contributed by atoms with E-state index in [1.54, 1.807) is 7.11 Å². The molecular weight excluding hydrogens is 452 g/mol. The molecule has 0 heterocycles. The van der Waals surface area contributed by atoms with E-state index in [0.717, 1.165) is 49.2 Å². The molecule has 0 saturated heterocycles. The van der Waals surface area contributed by atoms with Gasteiger partial charge in [0.15, 0.2) is 11.5 Å². The fraction of sp³-hybridized carbons (Fsp3) is 0.484. The Hall–Kier alpha value is -3.08. The highest BCUT2D eigenvalue weighted by Crippen LogP contribution is 2.62. The largest absolute Gasteiger partial charge is 0.493 e. The Labute approximate surface area is 213 Å². The quantitative estimate of drug-likeness (QED) is 0.351. The zero-order chi connectivity index (χ0) is 25.3. The van der Waals surface area contributed by atoms with Crippen LogP contribution in [0.3, 0.4) is 0 Å². The SMILES string of the molecule is COC(=O)/C=C/C[C@@H]1CC(=O)[C@@]2(C)CC[C@@H]3c4cc(OC)c(OCc5ccccc5)cc4CC[C@H]3[C@H]12. The molecule has 2 aromatic carbocycles. The van der Waals surface area contributed by atoms with Crippen molar-refractivity contribution in [1.29, 1.82) is 0 Å². The minimum absolute atomic E-state index is 0.259. The molecule has 36 heavy (non-hydrogen) atoms. The number of aryl methyl sites for hydroxylation is 1. The van der Waals surface area contributed by atoms with Crippen molar-refractivity contribution in [3.05, 3.63) is 71.3 Å².